The molecule has 0 spiro atoms. The number of rotatable bonds is 8. The first kappa shape index (κ1) is 25.6. The molecule has 0 aliphatic rings. The summed E-state index contributed by atoms with van der Waals surface area (Å²) in [7, 11) is 1.31. The van der Waals surface area contributed by atoms with Crippen LogP contribution in [-0.2, 0) is 15.1 Å². The van der Waals surface area contributed by atoms with Crippen LogP contribution in [0, 0.1) is 0 Å². The Hall–Kier alpha value is -3.01. The molecule has 9 nitrogen and oxygen atoms in total. The Balaban J connectivity index is 2.10. The van der Waals surface area contributed by atoms with Gasteiger partial charge in [-0.25, -0.2) is 9.48 Å². The van der Waals surface area contributed by atoms with Gasteiger partial charge in [0, 0.05) is 6.04 Å². The number of halogens is 2. The number of nitrogens with zero attached hydrogens (tertiary/aromatic N) is 4. The molecular weight excluding hydrogens is 481 g/mol. The van der Waals surface area contributed by atoms with Crippen LogP contribution in [0.1, 0.15) is 66.6 Å². The number of tetrazole rings is 1. The molecule has 1 heterocycles. The highest BCUT2D eigenvalue weighted by Gasteiger charge is 2.30. The summed E-state index contributed by atoms with van der Waals surface area (Å²) in [6.07, 6.45) is -0.230. The van der Waals surface area contributed by atoms with E-state index in [1.165, 1.54) is 7.11 Å². The number of aromatic nitrogens is 4. The van der Waals surface area contributed by atoms with Crippen molar-refractivity contribution in [3.63, 3.8) is 0 Å². The van der Waals surface area contributed by atoms with Gasteiger partial charge in [0.2, 0.25) is 0 Å². The van der Waals surface area contributed by atoms with E-state index in [0.717, 1.165) is 5.56 Å². The quantitative estimate of drug-likeness (QED) is 0.431. The smallest absolute Gasteiger partial charge is 0.337 e. The Kier molecular flexibility index (Phi) is 7.91. The van der Waals surface area contributed by atoms with Crippen molar-refractivity contribution in [3.8, 4) is 0 Å². The van der Waals surface area contributed by atoms with Crippen LogP contribution in [0.15, 0.2) is 42.5 Å². The second kappa shape index (κ2) is 10.5. The first-order chi connectivity index (χ1) is 16.0. The molecule has 2 atom stereocenters. The minimum absolute atomic E-state index is 0.230. The molecule has 0 amide bonds. The fraction of sp³-hybridized carbons (Fsp3) is 0.348. The highest BCUT2D eigenvalue weighted by Crippen LogP contribution is 2.31. The Morgan fingerprint density at radius 2 is 1.74 bits per heavy atom. The number of hydrogen-bond acceptors (Lipinski definition) is 7. The van der Waals surface area contributed by atoms with Crippen molar-refractivity contribution in [2.45, 2.75) is 44.8 Å². The molecule has 180 valence electrons. The van der Waals surface area contributed by atoms with Crippen molar-refractivity contribution < 1.29 is 19.4 Å². The number of aliphatic carboxylic acids is 1. The van der Waals surface area contributed by atoms with Gasteiger partial charge in [0.25, 0.3) is 0 Å². The zero-order valence-corrected chi connectivity index (χ0v) is 20.6. The van der Waals surface area contributed by atoms with Crippen LogP contribution >= 0.6 is 23.2 Å². The van der Waals surface area contributed by atoms with Crippen molar-refractivity contribution in [1.29, 1.82) is 0 Å². The highest BCUT2D eigenvalue weighted by atomic mass is 35.5. The van der Waals surface area contributed by atoms with Crippen LogP contribution in [0.5, 0.6) is 0 Å². The number of methoxy groups -OCH3 is 1. The van der Waals surface area contributed by atoms with Crippen LogP contribution in [0.4, 0.5) is 0 Å². The first-order valence-electron chi connectivity index (χ1n) is 10.4. The molecule has 0 radical (unpaired) electrons. The number of carboxylic acid groups (broad SMARTS) is 1. The van der Waals surface area contributed by atoms with Gasteiger partial charge >= 0.3 is 11.9 Å². The van der Waals surface area contributed by atoms with Gasteiger partial charge in [-0.05, 0) is 66.6 Å². The molecule has 0 aliphatic carbocycles. The summed E-state index contributed by atoms with van der Waals surface area (Å²) in [5.74, 6) is -0.984. The Labute approximate surface area is 207 Å². The van der Waals surface area contributed by atoms with Crippen molar-refractivity contribution in [2.75, 3.05) is 7.11 Å². The molecule has 2 aromatic carbocycles. The maximum Gasteiger partial charge on any atom is 0.337 e. The summed E-state index contributed by atoms with van der Waals surface area (Å²) < 4.78 is 6.45. The van der Waals surface area contributed by atoms with Crippen LogP contribution in [0.25, 0.3) is 0 Å². The van der Waals surface area contributed by atoms with Crippen molar-refractivity contribution in [1.82, 2.24) is 25.5 Å². The van der Waals surface area contributed by atoms with Gasteiger partial charge in [0.15, 0.2) is 5.82 Å². The average Bonchev–Trinajstić information content (AvgIpc) is 3.28. The molecule has 0 aliphatic heterocycles. The lowest BCUT2D eigenvalue weighted by Gasteiger charge is -2.28. The topological polar surface area (TPSA) is 119 Å². The maximum absolute atomic E-state index is 11.9. The van der Waals surface area contributed by atoms with Gasteiger partial charge in [-0.2, -0.15) is 0 Å². The molecule has 2 unspecified atom stereocenters. The normalized spacial score (nSPS) is 13.4. The molecule has 3 aromatic rings. The van der Waals surface area contributed by atoms with Crippen LogP contribution < -0.4 is 5.32 Å². The van der Waals surface area contributed by atoms with Crippen molar-refractivity contribution >= 4 is 35.1 Å². The minimum atomic E-state index is -1.00. The zero-order valence-electron chi connectivity index (χ0n) is 19.1. The number of carboxylic acids is 1. The SMILES string of the molecule is COC(=O)c1ccc(C(NC(CC(=O)O)c2ccc(Cl)c(Cl)c2)c2nnnn2C(C)(C)C)cc1. The van der Waals surface area contributed by atoms with E-state index in [1.54, 1.807) is 47.1 Å². The van der Waals surface area contributed by atoms with E-state index in [1.807, 2.05) is 20.8 Å². The predicted octanol–water partition coefficient (Wildman–Crippen LogP) is 4.42. The number of hydrogen-bond donors (Lipinski definition) is 2. The summed E-state index contributed by atoms with van der Waals surface area (Å²) in [5, 5.41) is 25.9. The average molecular weight is 506 g/mol. The predicted molar refractivity (Wildman–Crippen MR) is 127 cm³/mol. The van der Waals surface area contributed by atoms with E-state index in [9.17, 15) is 14.7 Å². The van der Waals surface area contributed by atoms with E-state index in [4.69, 9.17) is 27.9 Å². The Bertz CT molecular complexity index is 1170. The van der Waals surface area contributed by atoms with Gasteiger partial charge in [0.05, 0.1) is 40.7 Å². The molecular formula is C23H25Cl2N5O4. The third-order valence-corrected chi connectivity index (χ3v) is 5.88. The fourth-order valence-corrected chi connectivity index (χ4v) is 3.79. The second-order valence-corrected chi connectivity index (χ2v) is 9.47. The van der Waals surface area contributed by atoms with Crippen molar-refractivity contribution in [3.05, 3.63) is 75.0 Å². The lowest BCUT2D eigenvalue weighted by Crippen LogP contribution is -2.34. The van der Waals surface area contributed by atoms with Crippen molar-refractivity contribution in [2.24, 2.45) is 0 Å². The maximum atomic E-state index is 11.9. The Morgan fingerprint density at radius 3 is 2.29 bits per heavy atom. The molecule has 11 heteroatoms. The van der Waals surface area contributed by atoms with Crippen LogP contribution in [0.2, 0.25) is 10.0 Å². The summed E-state index contributed by atoms with van der Waals surface area (Å²) in [6.45, 7) is 5.87. The number of carbonyl (C=O) groups excluding carboxylic acids is 1. The summed E-state index contributed by atoms with van der Waals surface area (Å²) in [5.41, 5.74) is 1.30. The Morgan fingerprint density at radius 1 is 1.09 bits per heavy atom. The number of ether oxygens (including phenoxy) is 1. The molecule has 0 fully saturated rings. The first-order valence-corrected chi connectivity index (χ1v) is 11.2. The molecule has 0 saturated carbocycles. The van der Waals surface area contributed by atoms with E-state index in [0.29, 0.717) is 27.0 Å². The van der Waals surface area contributed by atoms with Gasteiger partial charge < -0.3 is 9.84 Å². The largest absolute Gasteiger partial charge is 0.481 e. The molecule has 0 saturated heterocycles. The third-order valence-electron chi connectivity index (χ3n) is 5.14. The van der Waals surface area contributed by atoms with Crippen LogP contribution in [0.3, 0.4) is 0 Å². The molecule has 3 rings (SSSR count). The van der Waals surface area contributed by atoms with E-state index in [-0.39, 0.29) is 6.42 Å². The number of esters is 1. The van der Waals surface area contributed by atoms with Gasteiger partial charge in [-0.1, -0.05) is 41.4 Å². The number of carbonyl (C=O) groups is 2. The van der Waals surface area contributed by atoms with E-state index >= 15 is 0 Å². The number of benzene rings is 2. The molecule has 34 heavy (non-hydrogen) atoms. The van der Waals surface area contributed by atoms with E-state index in [2.05, 4.69) is 20.8 Å². The second-order valence-electron chi connectivity index (χ2n) is 8.66. The monoisotopic (exact) mass is 505 g/mol. The lowest BCUT2D eigenvalue weighted by atomic mass is 9.98. The standard InChI is InChI=1S/C23H25Cl2N5O4/c1-23(2,3)30-21(27-28-29-30)20(13-5-7-14(8-6-13)22(33)34-4)26-18(12-19(31)32)15-9-10-16(24)17(25)11-15/h5-11,18,20,26H,12H2,1-4H3,(H,31,32). The van der Waals surface area contributed by atoms with Gasteiger partial charge in [-0.3, -0.25) is 10.1 Å². The summed E-state index contributed by atoms with van der Waals surface area (Å²) in [4.78, 5) is 23.6. The van der Waals surface area contributed by atoms with Gasteiger partial charge in [0.1, 0.15) is 0 Å². The highest BCUT2D eigenvalue weighted by molar-refractivity contribution is 6.42. The van der Waals surface area contributed by atoms with Gasteiger partial charge in [-0.15, -0.1) is 5.10 Å². The van der Waals surface area contributed by atoms with Crippen LogP contribution in [-0.4, -0.2) is 44.4 Å². The zero-order chi connectivity index (χ0) is 25.0. The number of nitrogens with one attached hydrogen (secondary N) is 1. The summed E-state index contributed by atoms with van der Waals surface area (Å²) in [6, 6.07) is 10.5. The molecule has 1 aromatic heterocycles. The van der Waals surface area contributed by atoms with E-state index < -0.39 is 29.6 Å². The molecule has 2 N–H and O–H groups in total. The summed E-state index contributed by atoms with van der Waals surface area (Å²) >= 11 is 12.3. The minimum Gasteiger partial charge on any atom is -0.481 e. The third kappa shape index (κ3) is 5.91. The molecule has 0 bridgehead atoms. The lowest BCUT2D eigenvalue weighted by molar-refractivity contribution is -0.137. The fourth-order valence-electron chi connectivity index (χ4n) is 3.48.